The number of aromatic nitrogens is 2. The Labute approximate surface area is 120 Å². The van der Waals surface area contributed by atoms with Crippen molar-refractivity contribution in [3.63, 3.8) is 0 Å². The van der Waals surface area contributed by atoms with Crippen LogP contribution in [0, 0.1) is 10.6 Å². The first-order valence-corrected chi connectivity index (χ1v) is 6.88. The summed E-state index contributed by atoms with van der Waals surface area (Å²) in [5, 5.41) is 0. The van der Waals surface area contributed by atoms with Gasteiger partial charge in [0.1, 0.15) is 0 Å². The number of imidazole rings is 1. The number of nitrogens with zero attached hydrogens (tertiary/aromatic N) is 1. The summed E-state index contributed by atoms with van der Waals surface area (Å²) in [4.78, 5) is 2.76. The van der Waals surface area contributed by atoms with E-state index in [0.717, 1.165) is 0 Å². The summed E-state index contributed by atoms with van der Waals surface area (Å²) in [7, 11) is 1.31. The first-order valence-electron chi connectivity index (χ1n) is 5.48. The number of nitrogens with one attached hydrogen (secondary N) is 1. The van der Waals surface area contributed by atoms with Gasteiger partial charge >= 0.3 is 5.51 Å². The van der Waals surface area contributed by atoms with Crippen LogP contribution >= 0.6 is 24.0 Å². The number of benzene rings is 1. The van der Waals surface area contributed by atoms with Crippen molar-refractivity contribution in [1.82, 2.24) is 9.55 Å². The van der Waals surface area contributed by atoms with Crippen LogP contribution in [0.2, 0.25) is 0 Å². The molecule has 3 nitrogen and oxygen atoms in total. The third-order valence-corrected chi connectivity index (χ3v) is 3.66. The van der Waals surface area contributed by atoms with Crippen molar-refractivity contribution >= 4 is 35.0 Å². The van der Waals surface area contributed by atoms with Crippen LogP contribution in [-0.4, -0.2) is 27.9 Å². The van der Waals surface area contributed by atoms with Crippen LogP contribution in [0.25, 0.3) is 11.0 Å². The highest BCUT2D eigenvalue weighted by Gasteiger charge is 2.27. The SMILES string of the molecule is COc1cc2c(cc1F)[nH]c(=S)n2CCSC(F)(F)F. The van der Waals surface area contributed by atoms with Gasteiger partial charge in [0.25, 0.3) is 0 Å². The van der Waals surface area contributed by atoms with Crippen molar-refractivity contribution in [3.05, 3.63) is 22.7 Å². The Bertz CT molecular complexity index is 677. The predicted molar refractivity (Wildman–Crippen MR) is 72.1 cm³/mol. The van der Waals surface area contributed by atoms with E-state index in [4.69, 9.17) is 17.0 Å². The van der Waals surface area contributed by atoms with E-state index in [1.165, 1.54) is 23.8 Å². The Morgan fingerprint density at radius 2 is 2.10 bits per heavy atom. The van der Waals surface area contributed by atoms with E-state index < -0.39 is 11.3 Å². The van der Waals surface area contributed by atoms with Gasteiger partial charge in [0, 0.05) is 24.4 Å². The van der Waals surface area contributed by atoms with Crippen molar-refractivity contribution in [2.45, 2.75) is 12.1 Å². The summed E-state index contributed by atoms with van der Waals surface area (Å²) in [5.74, 6) is -0.721. The monoisotopic (exact) mass is 326 g/mol. The fraction of sp³-hybridized carbons (Fsp3) is 0.364. The molecular formula is C11H10F4N2OS2. The Balaban J connectivity index is 2.33. The Morgan fingerprint density at radius 3 is 2.70 bits per heavy atom. The second-order valence-corrected chi connectivity index (χ2v) is 5.43. The molecule has 2 aromatic rings. The number of aromatic amines is 1. The average molecular weight is 326 g/mol. The van der Waals surface area contributed by atoms with Gasteiger partial charge in [0.2, 0.25) is 0 Å². The molecule has 1 N–H and O–H groups in total. The molecule has 0 spiro atoms. The zero-order valence-corrected chi connectivity index (χ0v) is 11.9. The fourth-order valence-electron chi connectivity index (χ4n) is 1.79. The molecule has 0 saturated heterocycles. The van der Waals surface area contributed by atoms with Crippen molar-refractivity contribution < 1.29 is 22.3 Å². The number of halogens is 4. The first-order chi connectivity index (χ1) is 9.31. The van der Waals surface area contributed by atoms with E-state index in [-0.39, 0.29) is 34.6 Å². The standard InChI is InChI=1S/C11H10F4N2OS2/c1-18-9-5-8-7(4-6(9)12)16-10(19)17(8)2-3-20-11(13,14)15/h4-5H,2-3H2,1H3,(H,16,19). The van der Waals surface area contributed by atoms with Crippen LogP contribution in [-0.2, 0) is 6.54 Å². The molecule has 20 heavy (non-hydrogen) atoms. The number of ether oxygens (including phenoxy) is 1. The van der Waals surface area contributed by atoms with Crippen LogP contribution < -0.4 is 4.74 Å². The summed E-state index contributed by atoms with van der Waals surface area (Å²) in [6, 6.07) is 2.62. The van der Waals surface area contributed by atoms with Crippen LogP contribution in [0.4, 0.5) is 17.6 Å². The lowest BCUT2D eigenvalue weighted by atomic mass is 10.3. The maximum atomic E-state index is 13.5. The maximum absolute atomic E-state index is 13.5. The molecule has 0 aliphatic rings. The predicted octanol–water partition coefficient (Wildman–Crippen LogP) is 4.10. The van der Waals surface area contributed by atoms with Crippen molar-refractivity contribution in [3.8, 4) is 5.75 Å². The summed E-state index contributed by atoms with van der Waals surface area (Å²) in [5.41, 5.74) is -3.35. The highest BCUT2D eigenvalue weighted by molar-refractivity contribution is 8.00. The van der Waals surface area contributed by atoms with Gasteiger partial charge in [-0.2, -0.15) is 13.2 Å². The van der Waals surface area contributed by atoms with Crippen LogP contribution in [0.3, 0.4) is 0 Å². The van der Waals surface area contributed by atoms with Crippen molar-refractivity contribution in [2.24, 2.45) is 0 Å². The van der Waals surface area contributed by atoms with Crippen LogP contribution in [0.15, 0.2) is 12.1 Å². The van der Waals surface area contributed by atoms with Gasteiger partial charge in [-0.1, -0.05) is 0 Å². The highest BCUT2D eigenvalue weighted by atomic mass is 32.2. The largest absolute Gasteiger partial charge is 0.494 e. The fourth-order valence-corrected chi connectivity index (χ4v) is 2.59. The quantitative estimate of drug-likeness (QED) is 0.678. The van der Waals surface area contributed by atoms with Crippen molar-refractivity contribution in [1.29, 1.82) is 0 Å². The average Bonchev–Trinajstić information content (AvgIpc) is 2.62. The number of hydrogen-bond acceptors (Lipinski definition) is 3. The summed E-state index contributed by atoms with van der Waals surface area (Å²) in [6.45, 7) is 0.0673. The molecule has 1 heterocycles. The zero-order chi connectivity index (χ0) is 14.9. The lowest BCUT2D eigenvalue weighted by molar-refractivity contribution is -0.0328. The van der Waals surface area contributed by atoms with E-state index in [9.17, 15) is 17.6 Å². The molecule has 2 rings (SSSR count). The van der Waals surface area contributed by atoms with Gasteiger partial charge in [-0.3, -0.25) is 0 Å². The van der Waals surface area contributed by atoms with Gasteiger partial charge in [0.05, 0.1) is 18.1 Å². The third-order valence-electron chi connectivity index (χ3n) is 2.63. The molecule has 0 aliphatic carbocycles. The number of alkyl halides is 3. The molecule has 0 aliphatic heterocycles. The van der Waals surface area contributed by atoms with Gasteiger partial charge in [-0.15, -0.1) is 0 Å². The smallest absolute Gasteiger partial charge is 0.441 e. The third kappa shape index (κ3) is 3.26. The Kier molecular flexibility index (Phi) is 4.28. The Hall–Kier alpha value is -1.22. The molecule has 0 amide bonds. The van der Waals surface area contributed by atoms with Gasteiger partial charge < -0.3 is 14.3 Å². The summed E-state index contributed by atoms with van der Waals surface area (Å²) in [6.07, 6.45) is 0. The zero-order valence-electron chi connectivity index (χ0n) is 10.3. The molecule has 0 atom stereocenters. The van der Waals surface area contributed by atoms with E-state index >= 15 is 0 Å². The number of H-pyrrole nitrogens is 1. The van der Waals surface area contributed by atoms with E-state index in [1.807, 2.05) is 0 Å². The molecule has 0 bridgehead atoms. The number of rotatable bonds is 4. The van der Waals surface area contributed by atoms with Crippen LogP contribution in [0.1, 0.15) is 0 Å². The summed E-state index contributed by atoms with van der Waals surface area (Å²) >= 11 is 4.91. The molecule has 0 radical (unpaired) electrons. The second-order valence-electron chi connectivity index (χ2n) is 3.88. The van der Waals surface area contributed by atoms with Gasteiger partial charge in [-0.05, 0) is 24.0 Å². The minimum Gasteiger partial charge on any atom is -0.494 e. The molecule has 0 saturated carbocycles. The van der Waals surface area contributed by atoms with E-state index in [0.29, 0.717) is 11.0 Å². The molecule has 1 aromatic carbocycles. The van der Waals surface area contributed by atoms with Gasteiger partial charge in [0.15, 0.2) is 16.3 Å². The van der Waals surface area contributed by atoms with Crippen molar-refractivity contribution in [2.75, 3.05) is 12.9 Å². The number of methoxy groups -OCH3 is 1. The Morgan fingerprint density at radius 1 is 1.40 bits per heavy atom. The number of thioether (sulfide) groups is 1. The highest BCUT2D eigenvalue weighted by Crippen LogP contribution is 2.31. The lowest BCUT2D eigenvalue weighted by Crippen LogP contribution is -2.07. The lowest BCUT2D eigenvalue weighted by Gasteiger charge is -2.08. The number of aryl methyl sites for hydroxylation is 1. The normalized spacial score (nSPS) is 12.1. The minimum atomic E-state index is -4.28. The summed E-state index contributed by atoms with van der Waals surface area (Å²) < 4.78 is 56.5. The maximum Gasteiger partial charge on any atom is 0.441 e. The molecule has 1 aromatic heterocycles. The topological polar surface area (TPSA) is 29.9 Å². The van der Waals surface area contributed by atoms with Gasteiger partial charge in [-0.25, -0.2) is 4.39 Å². The number of fused-ring (bicyclic) bond motifs is 1. The number of hydrogen-bond donors (Lipinski definition) is 1. The molecular weight excluding hydrogens is 316 g/mol. The molecule has 9 heteroatoms. The molecule has 110 valence electrons. The second kappa shape index (κ2) is 5.65. The molecule has 0 unspecified atom stereocenters. The van der Waals surface area contributed by atoms with E-state index in [2.05, 4.69) is 4.98 Å². The minimum absolute atomic E-state index is 0.0173. The molecule has 0 fully saturated rings. The first kappa shape index (κ1) is 15.2. The van der Waals surface area contributed by atoms with E-state index in [1.54, 1.807) is 0 Å². The van der Waals surface area contributed by atoms with Crippen LogP contribution in [0.5, 0.6) is 5.75 Å².